The standard InChI is InChI=1S/C24H35N5OS/c1-2-25-24(26-9-11-28-10-7-23-22(19-28)8-16-31-23)27-17-20-5-3-4-6-21(20)18-29-12-14-30-15-13-29/h3-6,8,16H,2,7,9-15,17-19H2,1H3,(H2,25,26,27). The molecule has 1 fully saturated rings. The molecule has 2 N–H and O–H groups in total. The summed E-state index contributed by atoms with van der Waals surface area (Å²) in [6, 6.07) is 11.0. The highest BCUT2D eigenvalue weighted by molar-refractivity contribution is 7.10. The first-order valence-corrected chi connectivity index (χ1v) is 12.4. The molecule has 0 radical (unpaired) electrons. The molecule has 1 aromatic heterocycles. The van der Waals surface area contributed by atoms with Crippen LogP contribution in [0.15, 0.2) is 40.7 Å². The van der Waals surface area contributed by atoms with Gasteiger partial charge in [0, 0.05) is 57.2 Å². The monoisotopic (exact) mass is 441 g/mol. The molecule has 168 valence electrons. The van der Waals surface area contributed by atoms with Crippen molar-refractivity contribution in [1.29, 1.82) is 0 Å². The summed E-state index contributed by atoms with van der Waals surface area (Å²) in [6.07, 6.45) is 1.18. The number of fused-ring (bicyclic) bond motifs is 1. The van der Waals surface area contributed by atoms with Gasteiger partial charge >= 0.3 is 0 Å². The zero-order chi connectivity index (χ0) is 21.3. The largest absolute Gasteiger partial charge is 0.379 e. The topological polar surface area (TPSA) is 52.1 Å². The van der Waals surface area contributed by atoms with Gasteiger partial charge in [0.05, 0.1) is 19.8 Å². The lowest BCUT2D eigenvalue weighted by molar-refractivity contribution is 0.0341. The van der Waals surface area contributed by atoms with Crippen LogP contribution in [0.4, 0.5) is 0 Å². The second kappa shape index (κ2) is 11.6. The number of hydrogen-bond acceptors (Lipinski definition) is 5. The lowest BCUT2D eigenvalue weighted by atomic mass is 10.1. The van der Waals surface area contributed by atoms with E-state index >= 15 is 0 Å². The Hall–Kier alpha value is -1.93. The first-order chi connectivity index (χ1) is 15.3. The Labute approximate surface area is 190 Å². The van der Waals surface area contributed by atoms with Gasteiger partial charge in [-0.3, -0.25) is 9.80 Å². The second-order valence-corrected chi connectivity index (χ2v) is 9.18. The number of morpholine rings is 1. The highest BCUT2D eigenvalue weighted by atomic mass is 32.1. The van der Waals surface area contributed by atoms with E-state index in [0.717, 1.165) is 71.5 Å². The smallest absolute Gasteiger partial charge is 0.191 e. The van der Waals surface area contributed by atoms with Crippen LogP contribution in [0.1, 0.15) is 28.5 Å². The molecular formula is C24H35N5OS. The van der Waals surface area contributed by atoms with Gasteiger partial charge in [-0.2, -0.15) is 0 Å². The molecule has 0 unspecified atom stereocenters. The SMILES string of the molecule is CCNC(=NCc1ccccc1CN1CCOCC1)NCCN1CCc2sccc2C1. The van der Waals surface area contributed by atoms with E-state index in [1.54, 1.807) is 4.88 Å². The van der Waals surface area contributed by atoms with Crippen molar-refractivity contribution < 1.29 is 4.74 Å². The third kappa shape index (κ3) is 6.53. The molecule has 1 saturated heterocycles. The van der Waals surface area contributed by atoms with Crippen LogP contribution >= 0.6 is 11.3 Å². The van der Waals surface area contributed by atoms with E-state index in [2.05, 4.69) is 63.1 Å². The Morgan fingerprint density at radius 1 is 1.06 bits per heavy atom. The number of hydrogen-bond donors (Lipinski definition) is 2. The molecule has 1 aromatic carbocycles. The van der Waals surface area contributed by atoms with Gasteiger partial charge in [-0.25, -0.2) is 4.99 Å². The van der Waals surface area contributed by atoms with Crippen molar-refractivity contribution in [3.63, 3.8) is 0 Å². The Bertz CT molecular complexity index is 846. The van der Waals surface area contributed by atoms with Crippen LogP contribution in [0, 0.1) is 0 Å². The van der Waals surface area contributed by atoms with Crippen LogP contribution in [0.5, 0.6) is 0 Å². The van der Waals surface area contributed by atoms with Gasteiger partial charge in [0.1, 0.15) is 0 Å². The molecule has 0 saturated carbocycles. The summed E-state index contributed by atoms with van der Waals surface area (Å²) in [5, 5.41) is 9.15. The van der Waals surface area contributed by atoms with Crippen LogP contribution in [0.3, 0.4) is 0 Å². The van der Waals surface area contributed by atoms with Crippen molar-refractivity contribution in [1.82, 2.24) is 20.4 Å². The molecular weight excluding hydrogens is 406 g/mol. The minimum absolute atomic E-state index is 0.692. The summed E-state index contributed by atoms with van der Waals surface area (Å²) >= 11 is 1.90. The molecule has 2 aliphatic rings. The van der Waals surface area contributed by atoms with Gasteiger partial charge in [-0.15, -0.1) is 11.3 Å². The average Bonchev–Trinajstić information content (AvgIpc) is 3.27. The van der Waals surface area contributed by atoms with Gasteiger partial charge in [0.2, 0.25) is 0 Å². The van der Waals surface area contributed by atoms with Crippen LogP contribution in [-0.2, 0) is 30.8 Å². The van der Waals surface area contributed by atoms with Crippen molar-refractivity contribution in [3.8, 4) is 0 Å². The molecule has 0 amide bonds. The summed E-state index contributed by atoms with van der Waals surface area (Å²) in [7, 11) is 0. The van der Waals surface area contributed by atoms with Crippen molar-refractivity contribution in [3.05, 3.63) is 57.3 Å². The summed E-state index contributed by atoms with van der Waals surface area (Å²) in [5.74, 6) is 0.900. The maximum atomic E-state index is 5.49. The summed E-state index contributed by atoms with van der Waals surface area (Å²) < 4.78 is 5.49. The minimum Gasteiger partial charge on any atom is -0.379 e. The highest BCUT2D eigenvalue weighted by Crippen LogP contribution is 2.23. The van der Waals surface area contributed by atoms with Crippen molar-refractivity contribution in [2.24, 2.45) is 4.99 Å². The first kappa shape index (κ1) is 22.3. The Balaban J connectivity index is 1.29. The number of aliphatic imine (C=N–C) groups is 1. The fourth-order valence-corrected chi connectivity index (χ4v) is 5.09. The van der Waals surface area contributed by atoms with Crippen molar-refractivity contribution >= 4 is 17.3 Å². The number of ether oxygens (including phenoxy) is 1. The quantitative estimate of drug-likeness (QED) is 0.487. The third-order valence-electron chi connectivity index (χ3n) is 5.97. The molecule has 2 aliphatic heterocycles. The van der Waals surface area contributed by atoms with E-state index in [9.17, 15) is 0 Å². The maximum absolute atomic E-state index is 5.49. The van der Waals surface area contributed by atoms with E-state index in [1.165, 1.54) is 23.1 Å². The molecule has 3 heterocycles. The molecule has 0 bridgehead atoms. The molecule has 0 atom stereocenters. The number of benzene rings is 1. The van der Waals surface area contributed by atoms with E-state index in [1.807, 2.05) is 11.3 Å². The van der Waals surface area contributed by atoms with Gasteiger partial charge in [-0.05, 0) is 41.5 Å². The van der Waals surface area contributed by atoms with Gasteiger partial charge in [0.25, 0.3) is 0 Å². The van der Waals surface area contributed by atoms with E-state index in [-0.39, 0.29) is 0 Å². The maximum Gasteiger partial charge on any atom is 0.191 e. The number of rotatable bonds is 8. The van der Waals surface area contributed by atoms with Gasteiger partial charge in [-0.1, -0.05) is 24.3 Å². The summed E-state index contributed by atoms with van der Waals surface area (Å²) in [4.78, 5) is 11.4. The summed E-state index contributed by atoms with van der Waals surface area (Å²) in [6.45, 7) is 12.5. The Morgan fingerprint density at radius 2 is 1.90 bits per heavy atom. The van der Waals surface area contributed by atoms with Crippen LogP contribution in [0.2, 0.25) is 0 Å². The molecule has 4 rings (SSSR count). The highest BCUT2D eigenvalue weighted by Gasteiger charge is 2.17. The lowest BCUT2D eigenvalue weighted by Crippen LogP contribution is -2.42. The molecule has 2 aromatic rings. The fourth-order valence-electron chi connectivity index (χ4n) is 4.20. The zero-order valence-electron chi connectivity index (χ0n) is 18.6. The predicted octanol–water partition coefficient (Wildman–Crippen LogP) is 2.69. The molecule has 31 heavy (non-hydrogen) atoms. The first-order valence-electron chi connectivity index (χ1n) is 11.5. The van der Waals surface area contributed by atoms with E-state index in [0.29, 0.717) is 6.54 Å². The van der Waals surface area contributed by atoms with Crippen LogP contribution in [0.25, 0.3) is 0 Å². The number of thiophene rings is 1. The molecule has 7 heteroatoms. The average molecular weight is 442 g/mol. The normalized spacial score (nSPS) is 18.0. The van der Waals surface area contributed by atoms with E-state index in [4.69, 9.17) is 9.73 Å². The number of nitrogens with zero attached hydrogens (tertiary/aromatic N) is 3. The number of guanidine groups is 1. The third-order valence-corrected chi connectivity index (χ3v) is 7.00. The van der Waals surface area contributed by atoms with Gasteiger partial charge in [0.15, 0.2) is 5.96 Å². The van der Waals surface area contributed by atoms with Crippen molar-refractivity contribution in [2.45, 2.75) is 33.0 Å². The Morgan fingerprint density at radius 3 is 2.74 bits per heavy atom. The van der Waals surface area contributed by atoms with Gasteiger partial charge < -0.3 is 15.4 Å². The molecule has 0 spiro atoms. The second-order valence-electron chi connectivity index (χ2n) is 8.17. The fraction of sp³-hybridized carbons (Fsp3) is 0.542. The molecule has 6 nitrogen and oxygen atoms in total. The Kier molecular flexibility index (Phi) is 8.35. The van der Waals surface area contributed by atoms with Crippen LogP contribution < -0.4 is 10.6 Å². The number of nitrogens with one attached hydrogen (secondary N) is 2. The lowest BCUT2D eigenvalue weighted by Gasteiger charge is -2.27. The predicted molar refractivity (Wildman–Crippen MR) is 129 cm³/mol. The zero-order valence-corrected chi connectivity index (χ0v) is 19.4. The minimum atomic E-state index is 0.692. The molecule has 0 aliphatic carbocycles. The van der Waals surface area contributed by atoms with Crippen LogP contribution in [-0.4, -0.2) is 68.2 Å². The summed E-state index contributed by atoms with van der Waals surface area (Å²) in [5.41, 5.74) is 4.17. The van der Waals surface area contributed by atoms with Crippen molar-refractivity contribution in [2.75, 3.05) is 52.5 Å². The van der Waals surface area contributed by atoms with E-state index < -0.39 is 0 Å².